The molecule has 0 aromatic carbocycles. The van der Waals surface area contributed by atoms with Crippen LogP contribution >= 0.6 is 19.2 Å². The molecule has 196 valence electrons. The number of rotatable bonds is 9. The zero-order chi connectivity index (χ0) is 25.5. The van der Waals surface area contributed by atoms with Crippen LogP contribution in [0.5, 0.6) is 0 Å². The molecule has 15 heteroatoms. The number of aliphatic hydroxyl groups excluding tert-OH is 2. The molecule has 1 saturated heterocycles. The lowest BCUT2D eigenvalue weighted by molar-refractivity contribution is -0.0288. The van der Waals surface area contributed by atoms with Gasteiger partial charge in [-0.25, -0.2) is 13.4 Å². The fourth-order valence-electron chi connectivity index (χ4n) is 4.59. The summed E-state index contributed by atoms with van der Waals surface area (Å²) >= 11 is 6.15. The number of hydrogen-bond acceptors (Lipinski definition) is 10. The summed E-state index contributed by atoms with van der Waals surface area (Å²) in [5.41, 5.74) is -0.785. The highest BCUT2D eigenvalue weighted by Gasteiger charge is 2.46. The average Bonchev–Trinajstić information content (AvgIpc) is 3.42. The van der Waals surface area contributed by atoms with Crippen LogP contribution in [0.3, 0.4) is 0 Å². The van der Waals surface area contributed by atoms with E-state index in [1.54, 1.807) is 12.3 Å². The van der Waals surface area contributed by atoms with Crippen LogP contribution in [0.1, 0.15) is 45.8 Å². The minimum Gasteiger partial charge on any atom is -0.387 e. The topological polar surface area (TPSA) is 173 Å². The molecule has 0 radical (unpaired) electrons. The number of hydrogen-bond donors (Lipinski definition) is 4. The molecule has 0 amide bonds. The van der Waals surface area contributed by atoms with Crippen LogP contribution in [0.25, 0.3) is 11.0 Å². The van der Waals surface area contributed by atoms with Crippen LogP contribution in [-0.2, 0) is 23.7 Å². The van der Waals surface area contributed by atoms with E-state index in [9.17, 15) is 28.1 Å². The van der Waals surface area contributed by atoms with Crippen molar-refractivity contribution in [2.45, 2.75) is 76.2 Å². The first kappa shape index (κ1) is 26.7. The van der Waals surface area contributed by atoms with Gasteiger partial charge in [-0.15, -0.1) is 0 Å². The number of nitrogens with zero attached hydrogens (tertiary/aromatic N) is 3. The molecule has 2 aliphatic rings. The molecule has 1 saturated carbocycles. The summed E-state index contributed by atoms with van der Waals surface area (Å²) in [5.74, 6) is -0.237. The monoisotopic (exact) mass is 552 g/mol. The Morgan fingerprint density at radius 2 is 1.97 bits per heavy atom. The molecule has 2 aromatic rings. The molecule has 1 aliphatic carbocycles. The zero-order valence-corrected chi connectivity index (χ0v) is 21.8. The number of fused-ring (bicyclic) bond motifs is 1. The average molecular weight is 553 g/mol. The molecule has 2 aromatic heterocycles. The van der Waals surface area contributed by atoms with Crippen molar-refractivity contribution in [1.29, 1.82) is 0 Å². The van der Waals surface area contributed by atoms with Crippen molar-refractivity contribution in [2.75, 3.05) is 16.6 Å². The smallest absolute Gasteiger partial charge is 0.343 e. The van der Waals surface area contributed by atoms with Gasteiger partial charge in [0.2, 0.25) is 5.28 Å². The van der Waals surface area contributed by atoms with Gasteiger partial charge in [-0.3, -0.25) is 4.57 Å². The van der Waals surface area contributed by atoms with Crippen molar-refractivity contribution in [3.8, 4) is 0 Å². The third-order valence-corrected chi connectivity index (χ3v) is 10.6. The Balaban J connectivity index is 1.55. The van der Waals surface area contributed by atoms with Crippen molar-refractivity contribution in [1.82, 2.24) is 14.5 Å². The number of sulfone groups is 1. The summed E-state index contributed by atoms with van der Waals surface area (Å²) in [6, 6.07) is 1.99. The summed E-state index contributed by atoms with van der Waals surface area (Å²) in [4.78, 5) is 18.4. The van der Waals surface area contributed by atoms with Gasteiger partial charge in [0, 0.05) is 12.2 Å². The van der Waals surface area contributed by atoms with E-state index in [1.165, 1.54) is 18.4 Å². The summed E-state index contributed by atoms with van der Waals surface area (Å²) in [6.07, 6.45) is -0.344. The van der Waals surface area contributed by atoms with Crippen LogP contribution in [0.2, 0.25) is 5.28 Å². The van der Waals surface area contributed by atoms with Crippen LogP contribution in [0.15, 0.2) is 12.3 Å². The van der Waals surface area contributed by atoms with Gasteiger partial charge in [0.15, 0.2) is 21.6 Å². The van der Waals surface area contributed by atoms with E-state index in [4.69, 9.17) is 20.9 Å². The second kappa shape index (κ2) is 10.2. The highest BCUT2D eigenvalue weighted by Crippen LogP contribution is 2.45. The van der Waals surface area contributed by atoms with Crippen LogP contribution in [0, 0.1) is 0 Å². The van der Waals surface area contributed by atoms with Gasteiger partial charge in [-0.05, 0) is 44.4 Å². The predicted octanol–water partition coefficient (Wildman–Crippen LogP) is 2.04. The van der Waals surface area contributed by atoms with Crippen molar-refractivity contribution >= 4 is 45.9 Å². The number of aromatic nitrogens is 3. The molecule has 0 bridgehead atoms. The number of nitrogens with one attached hydrogen (secondary N) is 1. The fraction of sp³-hybridized carbons (Fsp3) is 0.700. The Kier molecular flexibility index (Phi) is 7.81. The zero-order valence-electron chi connectivity index (χ0n) is 19.3. The molecule has 0 spiro atoms. The molecule has 35 heavy (non-hydrogen) atoms. The minimum atomic E-state index is -4.41. The summed E-state index contributed by atoms with van der Waals surface area (Å²) in [7, 11) is -8.60. The third kappa shape index (κ3) is 6.16. The molecular formula is C20H30ClN4O8PS. The number of ether oxygens (including phenoxy) is 1. The van der Waals surface area contributed by atoms with Crippen molar-refractivity contribution in [2.24, 2.45) is 0 Å². The second-order valence-electron chi connectivity index (χ2n) is 9.30. The van der Waals surface area contributed by atoms with Crippen LogP contribution in [0.4, 0.5) is 5.82 Å². The van der Waals surface area contributed by atoms with Gasteiger partial charge >= 0.3 is 7.60 Å². The molecule has 5 atom stereocenters. The Labute approximate surface area is 208 Å². The predicted molar refractivity (Wildman–Crippen MR) is 129 cm³/mol. The molecule has 2 fully saturated rings. The van der Waals surface area contributed by atoms with E-state index in [0.29, 0.717) is 16.9 Å². The second-order valence-corrected chi connectivity index (χ2v) is 14.0. The lowest BCUT2D eigenvalue weighted by Crippen LogP contribution is -2.36. The van der Waals surface area contributed by atoms with Gasteiger partial charge in [0.05, 0.1) is 17.2 Å². The van der Waals surface area contributed by atoms with Crippen molar-refractivity contribution < 1.29 is 37.3 Å². The Hall–Kier alpha value is -1.31. The van der Waals surface area contributed by atoms with E-state index >= 15 is 0 Å². The van der Waals surface area contributed by atoms with E-state index in [-0.39, 0.29) is 11.3 Å². The summed E-state index contributed by atoms with van der Waals surface area (Å²) in [5, 5.41) is 25.2. The highest BCUT2D eigenvalue weighted by molar-refractivity contribution is 7.97. The lowest BCUT2D eigenvalue weighted by Gasteiger charge is -2.19. The Morgan fingerprint density at radius 3 is 2.63 bits per heavy atom. The fourth-order valence-corrected chi connectivity index (χ4v) is 8.85. The van der Waals surface area contributed by atoms with E-state index in [0.717, 1.165) is 25.7 Å². The van der Waals surface area contributed by atoms with Gasteiger partial charge in [-0.2, -0.15) is 4.98 Å². The first-order chi connectivity index (χ1) is 16.3. The molecule has 12 nitrogen and oxygen atoms in total. The largest absolute Gasteiger partial charge is 0.387 e. The first-order valence-corrected chi connectivity index (χ1v) is 15.3. The van der Waals surface area contributed by atoms with E-state index in [2.05, 4.69) is 15.3 Å². The van der Waals surface area contributed by atoms with Gasteiger partial charge in [0.1, 0.15) is 29.8 Å². The number of anilines is 1. The summed E-state index contributed by atoms with van der Waals surface area (Å²) in [6.45, 7) is 3.01. The maximum absolute atomic E-state index is 12.6. The maximum atomic E-state index is 12.6. The molecule has 4 rings (SSSR count). The molecular weight excluding hydrogens is 523 g/mol. The first-order valence-electron chi connectivity index (χ1n) is 11.4. The minimum absolute atomic E-state index is 0.0195. The van der Waals surface area contributed by atoms with Crippen LogP contribution < -0.4 is 5.32 Å². The van der Waals surface area contributed by atoms with Crippen molar-refractivity contribution in [3.63, 3.8) is 0 Å². The Bertz CT molecular complexity index is 1220. The lowest BCUT2D eigenvalue weighted by atomic mass is 10.1. The molecule has 1 unspecified atom stereocenters. The van der Waals surface area contributed by atoms with Gasteiger partial charge in [-0.1, -0.05) is 12.8 Å². The normalized spacial score (nSPS) is 27.6. The third-order valence-electron chi connectivity index (χ3n) is 6.01. The standard InChI is InChI=1S/C20H30ClN4O8PS/c1-11(2)33-34(28,29)10-35(30,31)9-14-15(26)16(27)19(32-14)25-8-7-13-17(22-12-5-3-4-6-12)23-20(21)24-18(13)25/h7-8,11-12,14-16,19,26-27H,3-6,9-10H2,1-2H3,(H,28,29)(H,22,23,24)/t14-,15-,16-,19-/m1/s1. The van der Waals surface area contributed by atoms with Crippen LogP contribution in [-0.4, -0.2) is 79.8 Å². The quantitative estimate of drug-likeness (QED) is 0.265. The number of halogens is 1. The highest BCUT2D eigenvalue weighted by atomic mass is 35.5. The summed E-state index contributed by atoms with van der Waals surface area (Å²) < 4.78 is 49.2. The van der Waals surface area contributed by atoms with Gasteiger partial charge in [0.25, 0.3) is 0 Å². The maximum Gasteiger partial charge on any atom is 0.343 e. The molecule has 4 N–H and O–H groups in total. The van der Waals surface area contributed by atoms with E-state index in [1.807, 2.05) is 0 Å². The molecule has 3 heterocycles. The Morgan fingerprint density at radius 1 is 1.29 bits per heavy atom. The number of aliphatic hydroxyl groups is 2. The van der Waals surface area contributed by atoms with Gasteiger partial charge < -0.3 is 34.3 Å². The molecule has 1 aliphatic heterocycles. The van der Waals surface area contributed by atoms with E-state index < -0.39 is 59.3 Å². The SMILES string of the molecule is CC(C)OP(=O)(O)CS(=O)(=O)C[C@H]1O[C@@H](n2ccc3c(NC4CCCC4)nc(Cl)nc32)[C@H](O)[C@@H]1O. The van der Waals surface area contributed by atoms with Crippen molar-refractivity contribution in [3.05, 3.63) is 17.5 Å².